The summed E-state index contributed by atoms with van der Waals surface area (Å²) in [6.45, 7) is 7.56. The molecule has 0 bridgehead atoms. The van der Waals surface area contributed by atoms with E-state index in [-0.39, 0.29) is 5.91 Å². The van der Waals surface area contributed by atoms with Crippen molar-refractivity contribution in [2.75, 3.05) is 18.4 Å². The van der Waals surface area contributed by atoms with Gasteiger partial charge in [-0.05, 0) is 67.6 Å². The lowest BCUT2D eigenvalue weighted by atomic mass is 9.99. The highest BCUT2D eigenvalue weighted by atomic mass is 35.5. The summed E-state index contributed by atoms with van der Waals surface area (Å²) < 4.78 is 0. The van der Waals surface area contributed by atoms with Crippen LogP contribution < -0.4 is 5.32 Å². The average molecular weight is 357 g/mol. The predicted octanol–water partition coefficient (Wildman–Crippen LogP) is 5.13. The molecule has 0 aromatic heterocycles. The largest absolute Gasteiger partial charge is 0.322 e. The summed E-state index contributed by atoms with van der Waals surface area (Å²) in [5.74, 6) is 0.670. The summed E-state index contributed by atoms with van der Waals surface area (Å²) in [6.07, 6.45) is 2.61. The lowest BCUT2D eigenvalue weighted by molar-refractivity contribution is 0.102. The number of carbonyl (C=O) groups is 1. The van der Waals surface area contributed by atoms with E-state index < -0.39 is 0 Å². The first kappa shape index (κ1) is 18.0. The first-order valence-corrected chi connectivity index (χ1v) is 9.28. The standard InChI is InChI=1S/C21H25ClN2O/c1-15-4-3-11-24(13-15)14-17-6-8-18(9-7-17)21(25)23-20-12-19(22)10-5-16(20)2/h5-10,12,15H,3-4,11,13-14H2,1-2H3,(H,23,25)/t15-/m0/s1. The van der Waals surface area contributed by atoms with Gasteiger partial charge in [0.05, 0.1) is 0 Å². The molecule has 2 aromatic carbocycles. The van der Waals surface area contributed by atoms with Gasteiger partial charge in [0.25, 0.3) is 5.91 Å². The van der Waals surface area contributed by atoms with Crippen LogP contribution in [-0.2, 0) is 6.54 Å². The Kier molecular flexibility index (Phi) is 5.77. The Labute approximate surface area is 155 Å². The molecule has 0 radical (unpaired) electrons. The number of aryl methyl sites for hydroxylation is 1. The molecule has 1 amide bonds. The summed E-state index contributed by atoms with van der Waals surface area (Å²) in [6, 6.07) is 13.4. The number of benzene rings is 2. The van der Waals surface area contributed by atoms with Gasteiger partial charge in [0.15, 0.2) is 0 Å². The first-order chi connectivity index (χ1) is 12.0. The van der Waals surface area contributed by atoms with Gasteiger partial charge in [-0.3, -0.25) is 9.69 Å². The van der Waals surface area contributed by atoms with Crippen molar-refractivity contribution >= 4 is 23.2 Å². The van der Waals surface area contributed by atoms with E-state index in [1.807, 2.05) is 31.2 Å². The van der Waals surface area contributed by atoms with E-state index >= 15 is 0 Å². The molecule has 1 fully saturated rings. The van der Waals surface area contributed by atoms with Crippen LogP contribution in [0.15, 0.2) is 42.5 Å². The molecule has 1 N–H and O–H groups in total. The van der Waals surface area contributed by atoms with Crippen LogP contribution in [0.1, 0.15) is 41.3 Å². The van der Waals surface area contributed by atoms with Gasteiger partial charge in [-0.2, -0.15) is 0 Å². The third-order valence-electron chi connectivity index (χ3n) is 4.81. The number of anilines is 1. The Hall–Kier alpha value is -1.84. The quantitative estimate of drug-likeness (QED) is 0.823. The third kappa shape index (κ3) is 4.83. The van der Waals surface area contributed by atoms with Crippen molar-refractivity contribution in [2.24, 2.45) is 5.92 Å². The highest BCUT2D eigenvalue weighted by Gasteiger charge is 2.16. The number of likely N-dealkylation sites (tertiary alicyclic amines) is 1. The van der Waals surface area contributed by atoms with E-state index in [1.54, 1.807) is 6.07 Å². The molecule has 4 heteroatoms. The lowest BCUT2D eigenvalue weighted by Crippen LogP contribution is -2.33. The van der Waals surface area contributed by atoms with E-state index in [0.717, 1.165) is 30.3 Å². The molecule has 0 unspecified atom stereocenters. The van der Waals surface area contributed by atoms with Crippen LogP contribution in [0.3, 0.4) is 0 Å². The Morgan fingerprint density at radius 3 is 2.72 bits per heavy atom. The van der Waals surface area contributed by atoms with Crippen molar-refractivity contribution in [1.82, 2.24) is 4.90 Å². The fraction of sp³-hybridized carbons (Fsp3) is 0.381. The molecule has 1 saturated heterocycles. The number of hydrogen-bond acceptors (Lipinski definition) is 2. The van der Waals surface area contributed by atoms with Gasteiger partial charge in [0.1, 0.15) is 0 Å². The Balaban J connectivity index is 1.63. The minimum absolute atomic E-state index is 0.108. The molecule has 2 aromatic rings. The zero-order valence-electron chi connectivity index (χ0n) is 14.9. The SMILES string of the molecule is Cc1ccc(Cl)cc1NC(=O)c1ccc(CN2CCC[C@H](C)C2)cc1. The van der Waals surface area contributed by atoms with Crippen LogP contribution in [0.4, 0.5) is 5.69 Å². The third-order valence-corrected chi connectivity index (χ3v) is 5.05. The van der Waals surface area contributed by atoms with Crippen LogP contribution in [0.5, 0.6) is 0 Å². The topological polar surface area (TPSA) is 32.3 Å². The number of nitrogens with one attached hydrogen (secondary N) is 1. The summed E-state index contributed by atoms with van der Waals surface area (Å²) in [4.78, 5) is 15.0. The molecule has 1 atom stereocenters. The van der Waals surface area contributed by atoms with E-state index in [9.17, 15) is 4.79 Å². The summed E-state index contributed by atoms with van der Waals surface area (Å²) in [5, 5.41) is 3.56. The molecular formula is C21H25ClN2O. The molecule has 1 heterocycles. The maximum atomic E-state index is 12.5. The summed E-state index contributed by atoms with van der Waals surface area (Å²) in [5.41, 5.74) is 3.66. The second-order valence-electron chi connectivity index (χ2n) is 7.09. The zero-order valence-corrected chi connectivity index (χ0v) is 15.6. The minimum atomic E-state index is -0.108. The van der Waals surface area contributed by atoms with Crippen LogP contribution in [0.25, 0.3) is 0 Å². The number of hydrogen-bond donors (Lipinski definition) is 1. The monoisotopic (exact) mass is 356 g/mol. The molecule has 25 heavy (non-hydrogen) atoms. The van der Waals surface area contributed by atoms with Gasteiger partial charge in [-0.15, -0.1) is 0 Å². The maximum absolute atomic E-state index is 12.5. The molecule has 0 spiro atoms. The number of rotatable bonds is 4. The van der Waals surface area contributed by atoms with Gasteiger partial charge in [0.2, 0.25) is 0 Å². The Morgan fingerprint density at radius 2 is 2.00 bits per heavy atom. The minimum Gasteiger partial charge on any atom is -0.322 e. The molecule has 132 valence electrons. The molecule has 3 nitrogen and oxygen atoms in total. The molecule has 1 aliphatic heterocycles. The van der Waals surface area contributed by atoms with Crippen molar-refractivity contribution in [3.05, 3.63) is 64.2 Å². The molecule has 1 aliphatic rings. The zero-order chi connectivity index (χ0) is 17.8. The van der Waals surface area contributed by atoms with Gasteiger partial charge in [-0.1, -0.05) is 36.7 Å². The van der Waals surface area contributed by atoms with E-state index in [0.29, 0.717) is 10.6 Å². The first-order valence-electron chi connectivity index (χ1n) is 8.90. The second kappa shape index (κ2) is 8.03. The second-order valence-corrected chi connectivity index (χ2v) is 7.53. The van der Waals surface area contributed by atoms with Crippen molar-refractivity contribution in [2.45, 2.75) is 33.2 Å². The fourth-order valence-corrected chi connectivity index (χ4v) is 3.55. The predicted molar refractivity (Wildman–Crippen MR) is 104 cm³/mol. The number of carbonyl (C=O) groups excluding carboxylic acids is 1. The number of halogens is 1. The van der Waals surface area contributed by atoms with Crippen LogP contribution in [-0.4, -0.2) is 23.9 Å². The molecule has 3 rings (SSSR count). The molecule has 0 aliphatic carbocycles. The van der Waals surface area contributed by atoms with Crippen molar-refractivity contribution in [3.8, 4) is 0 Å². The van der Waals surface area contributed by atoms with Gasteiger partial charge >= 0.3 is 0 Å². The lowest BCUT2D eigenvalue weighted by Gasteiger charge is -2.30. The van der Waals surface area contributed by atoms with Crippen molar-refractivity contribution in [3.63, 3.8) is 0 Å². The highest BCUT2D eigenvalue weighted by Crippen LogP contribution is 2.21. The summed E-state index contributed by atoms with van der Waals surface area (Å²) >= 11 is 6.01. The van der Waals surface area contributed by atoms with Gasteiger partial charge in [0, 0.05) is 29.4 Å². The molecule has 0 saturated carbocycles. The normalized spacial score (nSPS) is 18.1. The van der Waals surface area contributed by atoms with Gasteiger partial charge in [-0.25, -0.2) is 0 Å². The number of amides is 1. The van der Waals surface area contributed by atoms with E-state index in [2.05, 4.69) is 29.3 Å². The van der Waals surface area contributed by atoms with Crippen molar-refractivity contribution < 1.29 is 4.79 Å². The van der Waals surface area contributed by atoms with Crippen LogP contribution >= 0.6 is 11.6 Å². The maximum Gasteiger partial charge on any atom is 0.255 e. The van der Waals surface area contributed by atoms with Crippen molar-refractivity contribution in [1.29, 1.82) is 0 Å². The number of nitrogens with zero attached hydrogens (tertiary/aromatic N) is 1. The van der Waals surface area contributed by atoms with Crippen LogP contribution in [0.2, 0.25) is 5.02 Å². The number of piperidine rings is 1. The molecular weight excluding hydrogens is 332 g/mol. The van der Waals surface area contributed by atoms with E-state index in [1.165, 1.54) is 24.9 Å². The van der Waals surface area contributed by atoms with E-state index in [4.69, 9.17) is 11.6 Å². The fourth-order valence-electron chi connectivity index (χ4n) is 3.37. The highest BCUT2D eigenvalue weighted by molar-refractivity contribution is 6.31. The smallest absolute Gasteiger partial charge is 0.255 e. The van der Waals surface area contributed by atoms with Crippen LogP contribution in [0, 0.1) is 12.8 Å². The average Bonchev–Trinajstić information content (AvgIpc) is 2.59. The Bertz CT molecular complexity index is 742. The Morgan fingerprint density at radius 1 is 1.24 bits per heavy atom. The van der Waals surface area contributed by atoms with Gasteiger partial charge < -0.3 is 5.32 Å². The summed E-state index contributed by atoms with van der Waals surface area (Å²) in [7, 11) is 0.